The molecule has 5 heteroatoms. The highest BCUT2D eigenvalue weighted by Crippen LogP contribution is 2.27. The molecule has 0 aliphatic carbocycles. The summed E-state index contributed by atoms with van der Waals surface area (Å²) < 4.78 is 20.4. The molecule has 0 amide bonds. The minimum Gasteiger partial charge on any atom is -0.598 e. The number of esters is 1. The second-order valence-electron chi connectivity index (χ2n) is 7.05. The fourth-order valence-corrected chi connectivity index (χ4v) is 3.32. The Labute approximate surface area is 159 Å². The highest BCUT2D eigenvalue weighted by Gasteiger charge is 2.31. The van der Waals surface area contributed by atoms with Crippen LogP contribution in [0.5, 0.6) is 0 Å². The van der Waals surface area contributed by atoms with Crippen LogP contribution < -0.4 is 4.72 Å². The summed E-state index contributed by atoms with van der Waals surface area (Å²) >= 11 is -1.30. The van der Waals surface area contributed by atoms with Crippen LogP contribution >= 0.6 is 0 Å². The highest BCUT2D eigenvalue weighted by molar-refractivity contribution is 7.90. The van der Waals surface area contributed by atoms with Crippen molar-refractivity contribution >= 4 is 17.3 Å². The zero-order chi connectivity index (χ0) is 19.2. The Morgan fingerprint density at radius 3 is 2.38 bits per heavy atom. The monoisotopic (exact) mass is 373 g/mol. The van der Waals surface area contributed by atoms with Crippen molar-refractivity contribution in [3.8, 4) is 11.1 Å². The van der Waals surface area contributed by atoms with Gasteiger partial charge in [-0.3, -0.25) is 4.79 Å². The molecule has 4 nitrogen and oxygen atoms in total. The smallest absolute Gasteiger partial charge is 0.307 e. The molecular weight excluding hydrogens is 346 g/mol. The van der Waals surface area contributed by atoms with Gasteiger partial charge in [0, 0.05) is 11.4 Å². The van der Waals surface area contributed by atoms with E-state index in [0.29, 0.717) is 6.61 Å². The zero-order valence-electron chi connectivity index (χ0n) is 15.8. The summed E-state index contributed by atoms with van der Waals surface area (Å²) in [6.45, 7) is 7.81. The lowest BCUT2D eigenvalue weighted by molar-refractivity contribution is -0.143. The summed E-state index contributed by atoms with van der Waals surface area (Å²) in [7, 11) is 0. The van der Waals surface area contributed by atoms with Crippen molar-refractivity contribution < 1.29 is 14.1 Å². The van der Waals surface area contributed by atoms with Gasteiger partial charge in [-0.15, -0.1) is 4.72 Å². The van der Waals surface area contributed by atoms with E-state index in [-0.39, 0.29) is 18.4 Å². The van der Waals surface area contributed by atoms with Crippen molar-refractivity contribution in [2.75, 3.05) is 6.61 Å². The molecule has 0 saturated carbocycles. The molecule has 0 fully saturated rings. The Hall–Kier alpha value is -1.82. The molecule has 0 bridgehead atoms. The molecule has 0 radical (unpaired) electrons. The Morgan fingerprint density at radius 1 is 1.12 bits per heavy atom. The molecule has 0 saturated heterocycles. The van der Waals surface area contributed by atoms with Gasteiger partial charge in [0.25, 0.3) is 0 Å². The summed E-state index contributed by atoms with van der Waals surface area (Å²) in [6.07, 6.45) is 0.133. The van der Waals surface area contributed by atoms with E-state index in [4.69, 9.17) is 4.74 Å². The fourth-order valence-electron chi connectivity index (χ4n) is 2.49. The summed E-state index contributed by atoms with van der Waals surface area (Å²) in [6, 6.07) is 17.6. The maximum Gasteiger partial charge on any atom is 0.307 e. The SMILES string of the molecule is CCOC(=O)C[C@H](N[S+]([O-])C(C)(C)C)c1cccc(-c2ccccc2)c1. The Bertz CT molecular complexity index is 713. The lowest BCUT2D eigenvalue weighted by Crippen LogP contribution is -2.42. The van der Waals surface area contributed by atoms with Crippen LogP contribution in [0.1, 0.15) is 45.7 Å². The van der Waals surface area contributed by atoms with Crippen LogP contribution in [0.3, 0.4) is 0 Å². The Morgan fingerprint density at radius 2 is 1.77 bits per heavy atom. The molecule has 1 unspecified atom stereocenters. The van der Waals surface area contributed by atoms with E-state index in [9.17, 15) is 9.35 Å². The minimum absolute atomic E-state index is 0.133. The molecule has 1 N–H and O–H groups in total. The first kappa shape index (κ1) is 20.5. The minimum atomic E-state index is -1.30. The van der Waals surface area contributed by atoms with E-state index >= 15 is 0 Å². The molecule has 2 aromatic carbocycles. The van der Waals surface area contributed by atoms with Gasteiger partial charge in [-0.1, -0.05) is 48.5 Å². The molecule has 0 aliphatic rings. The van der Waals surface area contributed by atoms with Crippen molar-refractivity contribution in [3.05, 3.63) is 60.2 Å². The van der Waals surface area contributed by atoms with E-state index < -0.39 is 16.1 Å². The number of carbonyl (C=O) groups is 1. The van der Waals surface area contributed by atoms with Crippen molar-refractivity contribution in [2.24, 2.45) is 0 Å². The van der Waals surface area contributed by atoms with E-state index in [1.54, 1.807) is 6.92 Å². The van der Waals surface area contributed by atoms with Crippen LogP contribution in [-0.2, 0) is 20.9 Å². The van der Waals surface area contributed by atoms with Gasteiger partial charge in [0.2, 0.25) is 0 Å². The van der Waals surface area contributed by atoms with Gasteiger partial charge in [-0.25, -0.2) is 0 Å². The number of hydrogen-bond acceptors (Lipinski definition) is 4. The molecule has 2 rings (SSSR count). The lowest BCUT2D eigenvalue weighted by atomic mass is 9.98. The average Bonchev–Trinajstić information content (AvgIpc) is 2.61. The van der Waals surface area contributed by atoms with Crippen LogP contribution in [0, 0.1) is 0 Å². The van der Waals surface area contributed by atoms with Crippen LogP contribution in [0.15, 0.2) is 54.6 Å². The predicted octanol–water partition coefficient (Wildman–Crippen LogP) is 4.40. The average molecular weight is 374 g/mol. The number of carbonyl (C=O) groups excluding carboxylic acids is 1. The first-order valence-corrected chi connectivity index (χ1v) is 9.95. The molecule has 26 heavy (non-hydrogen) atoms. The first-order chi connectivity index (χ1) is 12.3. The van der Waals surface area contributed by atoms with Crippen molar-refractivity contribution in [2.45, 2.75) is 44.9 Å². The topological polar surface area (TPSA) is 61.4 Å². The maximum atomic E-state index is 12.6. The van der Waals surface area contributed by atoms with Gasteiger partial charge < -0.3 is 9.29 Å². The highest BCUT2D eigenvalue weighted by atomic mass is 32.2. The predicted molar refractivity (Wildman–Crippen MR) is 107 cm³/mol. The van der Waals surface area contributed by atoms with Crippen LogP contribution in [0.4, 0.5) is 0 Å². The van der Waals surface area contributed by atoms with Gasteiger partial charge >= 0.3 is 5.97 Å². The third kappa shape index (κ3) is 5.87. The summed E-state index contributed by atoms with van der Waals surface area (Å²) in [5.74, 6) is -0.305. The molecule has 140 valence electrons. The summed E-state index contributed by atoms with van der Waals surface area (Å²) in [5, 5.41) is 0. The first-order valence-electron chi connectivity index (χ1n) is 8.80. The third-order valence-corrected chi connectivity index (χ3v) is 5.49. The molecular formula is C21H27NO3S. The van der Waals surface area contributed by atoms with Crippen molar-refractivity contribution in [3.63, 3.8) is 0 Å². The Kier molecular flexibility index (Phi) is 7.26. The molecule has 0 spiro atoms. The molecule has 0 heterocycles. The van der Waals surface area contributed by atoms with Gasteiger partial charge in [0.15, 0.2) is 0 Å². The zero-order valence-corrected chi connectivity index (χ0v) is 16.6. The second kappa shape index (κ2) is 9.21. The van der Waals surface area contributed by atoms with Gasteiger partial charge in [0.05, 0.1) is 19.1 Å². The van der Waals surface area contributed by atoms with E-state index in [0.717, 1.165) is 16.7 Å². The van der Waals surface area contributed by atoms with Crippen molar-refractivity contribution in [1.29, 1.82) is 0 Å². The van der Waals surface area contributed by atoms with E-state index in [1.165, 1.54) is 0 Å². The maximum absolute atomic E-state index is 12.6. The van der Waals surface area contributed by atoms with Crippen LogP contribution in [0.2, 0.25) is 0 Å². The Balaban J connectivity index is 2.30. The number of rotatable bonds is 7. The van der Waals surface area contributed by atoms with E-state index in [2.05, 4.69) is 4.72 Å². The standard InChI is InChI=1S/C21H27NO3S/c1-5-25-20(23)15-19(22-26(24)21(2,3)4)18-13-9-12-17(14-18)16-10-7-6-8-11-16/h6-14,19,22H,5,15H2,1-4H3/t19-,26?/m0/s1. The van der Waals surface area contributed by atoms with Gasteiger partial charge in [0.1, 0.15) is 4.75 Å². The van der Waals surface area contributed by atoms with Crippen molar-refractivity contribution in [1.82, 2.24) is 4.72 Å². The third-order valence-electron chi connectivity index (χ3n) is 3.88. The normalized spacial score (nSPS) is 13.9. The van der Waals surface area contributed by atoms with Crippen LogP contribution in [0.25, 0.3) is 11.1 Å². The molecule has 0 aliphatic heterocycles. The lowest BCUT2D eigenvalue weighted by Gasteiger charge is -2.28. The largest absolute Gasteiger partial charge is 0.598 e. The number of benzene rings is 2. The summed E-state index contributed by atoms with van der Waals surface area (Å²) in [4.78, 5) is 12.1. The van der Waals surface area contributed by atoms with Gasteiger partial charge in [-0.05, 0) is 50.5 Å². The molecule has 2 aromatic rings. The second-order valence-corrected chi connectivity index (χ2v) is 9.05. The summed E-state index contributed by atoms with van der Waals surface area (Å²) in [5.41, 5.74) is 3.07. The number of ether oxygens (including phenoxy) is 1. The molecule has 2 atom stereocenters. The number of nitrogens with one attached hydrogen (secondary N) is 1. The van der Waals surface area contributed by atoms with Crippen LogP contribution in [-0.4, -0.2) is 21.9 Å². The number of hydrogen-bond donors (Lipinski definition) is 1. The quantitative estimate of drug-likeness (QED) is 0.577. The van der Waals surface area contributed by atoms with E-state index in [1.807, 2.05) is 75.4 Å². The fraction of sp³-hybridized carbons (Fsp3) is 0.381. The van der Waals surface area contributed by atoms with Gasteiger partial charge in [-0.2, -0.15) is 0 Å². The molecule has 0 aromatic heterocycles.